The molecule has 0 bridgehead atoms. The third-order valence-electron chi connectivity index (χ3n) is 2.07. The SMILES string of the molecule is CC(S)C(=O)c1cc(-c2ccco2)ncn1. The number of hydrogen-bond acceptors (Lipinski definition) is 5. The molecule has 0 amide bonds. The first-order valence-corrected chi connectivity index (χ1v) is 5.28. The summed E-state index contributed by atoms with van der Waals surface area (Å²) in [6, 6.07) is 5.15. The van der Waals surface area contributed by atoms with Crippen LogP contribution in [0.15, 0.2) is 35.2 Å². The molecule has 2 aromatic heterocycles. The number of Topliss-reactive ketones (excluding diaryl/α,β-unsaturated/α-hetero) is 1. The van der Waals surface area contributed by atoms with Gasteiger partial charge >= 0.3 is 0 Å². The zero-order chi connectivity index (χ0) is 11.5. The van der Waals surface area contributed by atoms with E-state index in [9.17, 15) is 4.79 Å². The van der Waals surface area contributed by atoms with Crippen LogP contribution < -0.4 is 0 Å². The maximum atomic E-state index is 11.7. The molecule has 0 saturated carbocycles. The number of nitrogens with zero attached hydrogens (tertiary/aromatic N) is 2. The Kier molecular flexibility index (Phi) is 3.05. The lowest BCUT2D eigenvalue weighted by molar-refractivity contribution is 0.0989. The van der Waals surface area contributed by atoms with Gasteiger partial charge in [0.05, 0.1) is 11.5 Å². The monoisotopic (exact) mass is 234 g/mol. The minimum atomic E-state index is -0.376. The van der Waals surface area contributed by atoms with Gasteiger partial charge in [0.1, 0.15) is 17.7 Å². The molecule has 0 fully saturated rings. The van der Waals surface area contributed by atoms with Gasteiger partial charge in [0.15, 0.2) is 11.5 Å². The molecule has 4 nitrogen and oxygen atoms in total. The maximum absolute atomic E-state index is 11.7. The molecule has 0 aliphatic carbocycles. The number of thiol groups is 1. The number of rotatable bonds is 3. The van der Waals surface area contributed by atoms with Crippen LogP contribution in [0.25, 0.3) is 11.5 Å². The molecule has 0 aliphatic heterocycles. The van der Waals surface area contributed by atoms with Gasteiger partial charge in [0, 0.05) is 0 Å². The summed E-state index contributed by atoms with van der Waals surface area (Å²) < 4.78 is 5.19. The molecule has 1 atom stereocenters. The van der Waals surface area contributed by atoms with E-state index in [0.717, 1.165) is 0 Å². The van der Waals surface area contributed by atoms with E-state index < -0.39 is 0 Å². The van der Waals surface area contributed by atoms with E-state index in [0.29, 0.717) is 17.1 Å². The van der Waals surface area contributed by atoms with Crippen molar-refractivity contribution in [2.75, 3.05) is 0 Å². The highest BCUT2D eigenvalue weighted by molar-refractivity contribution is 7.81. The largest absolute Gasteiger partial charge is 0.463 e. The summed E-state index contributed by atoms with van der Waals surface area (Å²) in [5, 5.41) is -0.376. The fourth-order valence-corrected chi connectivity index (χ4v) is 1.40. The van der Waals surface area contributed by atoms with Crippen LogP contribution in [0.5, 0.6) is 0 Å². The predicted octanol–water partition coefficient (Wildman–Crippen LogP) is 2.24. The van der Waals surface area contributed by atoms with Crippen molar-refractivity contribution in [2.24, 2.45) is 0 Å². The topological polar surface area (TPSA) is 56.0 Å². The fraction of sp³-hybridized carbons (Fsp3) is 0.182. The first-order chi connectivity index (χ1) is 7.68. The second-order valence-electron chi connectivity index (χ2n) is 3.31. The average molecular weight is 234 g/mol. The average Bonchev–Trinajstić information content (AvgIpc) is 2.81. The van der Waals surface area contributed by atoms with Gasteiger partial charge in [0.25, 0.3) is 0 Å². The van der Waals surface area contributed by atoms with Gasteiger partial charge in [-0.3, -0.25) is 4.79 Å². The van der Waals surface area contributed by atoms with Crippen molar-refractivity contribution in [1.82, 2.24) is 9.97 Å². The van der Waals surface area contributed by atoms with Crippen molar-refractivity contribution in [3.8, 4) is 11.5 Å². The van der Waals surface area contributed by atoms with Crippen LogP contribution in [0.2, 0.25) is 0 Å². The summed E-state index contributed by atoms with van der Waals surface area (Å²) >= 11 is 4.08. The highest BCUT2D eigenvalue weighted by Crippen LogP contribution is 2.18. The van der Waals surface area contributed by atoms with Gasteiger partial charge in [0.2, 0.25) is 0 Å². The fourth-order valence-electron chi connectivity index (χ4n) is 1.27. The Morgan fingerprint density at radius 2 is 2.31 bits per heavy atom. The second kappa shape index (κ2) is 4.49. The van der Waals surface area contributed by atoms with Crippen molar-refractivity contribution in [3.05, 3.63) is 36.5 Å². The van der Waals surface area contributed by atoms with Crippen molar-refractivity contribution in [1.29, 1.82) is 0 Å². The van der Waals surface area contributed by atoms with Crippen LogP contribution in [-0.4, -0.2) is 21.0 Å². The van der Waals surface area contributed by atoms with Crippen molar-refractivity contribution in [3.63, 3.8) is 0 Å². The number of furan rings is 1. The molecule has 0 aromatic carbocycles. The van der Waals surface area contributed by atoms with E-state index in [-0.39, 0.29) is 11.0 Å². The zero-order valence-electron chi connectivity index (χ0n) is 8.62. The normalized spacial score (nSPS) is 12.4. The first kappa shape index (κ1) is 10.9. The van der Waals surface area contributed by atoms with Gasteiger partial charge in [-0.05, 0) is 25.1 Å². The molecule has 0 radical (unpaired) electrons. The van der Waals surface area contributed by atoms with Gasteiger partial charge < -0.3 is 4.42 Å². The summed E-state index contributed by atoms with van der Waals surface area (Å²) in [4.78, 5) is 19.6. The van der Waals surface area contributed by atoms with Crippen molar-refractivity contribution in [2.45, 2.75) is 12.2 Å². The van der Waals surface area contributed by atoms with Crippen molar-refractivity contribution >= 4 is 18.4 Å². The Bertz CT molecular complexity index is 494. The van der Waals surface area contributed by atoms with Crippen LogP contribution in [0.4, 0.5) is 0 Å². The molecular weight excluding hydrogens is 224 g/mol. The van der Waals surface area contributed by atoms with E-state index >= 15 is 0 Å². The molecule has 0 aliphatic rings. The highest BCUT2D eigenvalue weighted by Gasteiger charge is 2.14. The molecule has 5 heteroatoms. The van der Waals surface area contributed by atoms with E-state index in [1.165, 1.54) is 6.33 Å². The highest BCUT2D eigenvalue weighted by atomic mass is 32.1. The molecule has 2 rings (SSSR count). The Balaban J connectivity index is 2.37. The number of carbonyl (C=O) groups is 1. The lowest BCUT2D eigenvalue weighted by Crippen LogP contribution is -2.12. The third kappa shape index (κ3) is 2.14. The van der Waals surface area contributed by atoms with E-state index in [1.807, 2.05) is 0 Å². The van der Waals surface area contributed by atoms with Crippen LogP contribution >= 0.6 is 12.6 Å². The zero-order valence-corrected chi connectivity index (χ0v) is 9.52. The number of hydrogen-bond donors (Lipinski definition) is 1. The summed E-state index contributed by atoms with van der Waals surface area (Å²) in [7, 11) is 0. The molecule has 0 N–H and O–H groups in total. The van der Waals surface area contributed by atoms with Crippen LogP contribution in [0.1, 0.15) is 17.4 Å². The summed E-state index contributed by atoms with van der Waals surface area (Å²) in [6.45, 7) is 1.71. The molecule has 0 spiro atoms. The van der Waals surface area contributed by atoms with Gasteiger partial charge in [-0.2, -0.15) is 12.6 Å². The standard InChI is InChI=1S/C11H10N2O2S/c1-7(16)11(14)9-5-8(12-6-13-9)10-3-2-4-15-10/h2-7,16H,1H3. The Morgan fingerprint density at radius 1 is 1.50 bits per heavy atom. The van der Waals surface area contributed by atoms with E-state index in [1.54, 1.807) is 31.4 Å². The molecule has 2 aromatic rings. The lowest BCUT2D eigenvalue weighted by Gasteiger charge is -2.03. The Labute approximate surface area is 98.1 Å². The maximum Gasteiger partial charge on any atom is 0.193 e. The lowest BCUT2D eigenvalue weighted by atomic mass is 10.2. The van der Waals surface area contributed by atoms with Crippen LogP contribution in [0.3, 0.4) is 0 Å². The Morgan fingerprint density at radius 3 is 2.94 bits per heavy atom. The summed E-state index contributed by atoms with van der Waals surface area (Å²) in [6.07, 6.45) is 2.90. The van der Waals surface area contributed by atoms with Crippen LogP contribution in [0, 0.1) is 0 Å². The molecule has 2 heterocycles. The minimum absolute atomic E-state index is 0.126. The van der Waals surface area contributed by atoms with E-state index in [4.69, 9.17) is 4.42 Å². The summed E-state index contributed by atoms with van der Waals surface area (Å²) in [5.41, 5.74) is 0.946. The predicted molar refractivity (Wildman–Crippen MR) is 62.5 cm³/mol. The first-order valence-electron chi connectivity index (χ1n) is 4.76. The van der Waals surface area contributed by atoms with Crippen molar-refractivity contribution < 1.29 is 9.21 Å². The molecule has 82 valence electrons. The number of carbonyl (C=O) groups excluding carboxylic acids is 1. The van der Waals surface area contributed by atoms with Gasteiger partial charge in [-0.25, -0.2) is 9.97 Å². The van der Waals surface area contributed by atoms with Gasteiger partial charge in [-0.1, -0.05) is 0 Å². The molecule has 0 saturated heterocycles. The van der Waals surface area contributed by atoms with E-state index in [2.05, 4.69) is 22.6 Å². The Hall–Kier alpha value is -1.62. The summed E-state index contributed by atoms with van der Waals surface area (Å²) in [5.74, 6) is 0.488. The number of ketones is 1. The third-order valence-corrected chi connectivity index (χ3v) is 2.31. The van der Waals surface area contributed by atoms with Crippen LogP contribution in [-0.2, 0) is 0 Å². The quantitative estimate of drug-likeness (QED) is 0.653. The smallest absolute Gasteiger partial charge is 0.193 e. The molecule has 1 unspecified atom stereocenters. The van der Waals surface area contributed by atoms with Gasteiger partial charge in [-0.15, -0.1) is 0 Å². The molecular formula is C11H10N2O2S. The number of aromatic nitrogens is 2. The minimum Gasteiger partial charge on any atom is -0.463 e. The molecule has 16 heavy (non-hydrogen) atoms. The second-order valence-corrected chi connectivity index (χ2v) is 4.08.